The first kappa shape index (κ1) is 14.3. The second-order valence-electron chi connectivity index (χ2n) is 3.86. The van der Waals surface area contributed by atoms with Crippen LogP contribution in [0.2, 0.25) is 10.0 Å². The van der Waals surface area contributed by atoms with Crippen molar-refractivity contribution in [1.82, 2.24) is 0 Å². The van der Waals surface area contributed by atoms with E-state index in [2.05, 4.69) is 5.32 Å². The van der Waals surface area contributed by atoms with E-state index in [4.69, 9.17) is 28.5 Å². The predicted molar refractivity (Wildman–Crippen MR) is 75.5 cm³/mol. The molecule has 0 fully saturated rings. The van der Waals surface area contributed by atoms with E-state index in [1.165, 1.54) is 12.1 Å². The number of nitrogens with one attached hydrogen (secondary N) is 1. The molecule has 20 heavy (non-hydrogen) atoms. The van der Waals surface area contributed by atoms with Gasteiger partial charge in [0.05, 0.1) is 26.9 Å². The van der Waals surface area contributed by atoms with E-state index in [1.54, 1.807) is 18.2 Å². The molecule has 0 spiro atoms. The maximum absolute atomic E-state index is 13.0. The number of carbonyl (C=O) groups is 1. The molecule has 0 saturated heterocycles. The fraction of sp³-hybridized carbons (Fsp3) is 0. The molecule has 0 atom stereocenters. The third kappa shape index (κ3) is 2.90. The molecular formula is C14H7Cl2FN2O. The predicted octanol–water partition coefficient (Wildman–Crippen LogP) is 4.26. The smallest absolute Gasteiger partial charge is 0.257 e. The van der Waals surface area contributed by atoms with Gasteiger partial charge in [-0.05, 0) is 30.3 Å². The van der Waals surface area contributed by atoms with Gasteiger partial charge in [-0.2, -0.15) is 5.26 Å². The number of hydrogen-bond acceptors (Lipinski definition) is 2. The lowest BCUT2D eigenvalue weighted by Crippen LogP contribution is -2.13. The second-order valence-corrected chi connectivity index (χ2v) is 4.64. The summed E-state index contributed by atoms with van der Waals surface area (Å²) in [5.41, 5.74) is 0.402. The minimum atomic E-state index is -0.555. The van der Waals surface area contributed by atoms with E-state index in [1.807, 2.05) is 0 Å². The molecule has 0 aromatic heterocycles. The van der Waals surface area contributed by atoms with Gasteiger partial charge in [-0.25, -0.2) is 4.39 Å². The summed E-state index contributed by atoms with van der Waals surface area (Å²) >= 11 is 11.8. The quantitative estimate of drug-likeness (QED) is 0.901. The Morgan fingerprint density at radius 2 is 2.00 bits per heavy atom. The molecule has 0 aliphatic heterocycles. The van der Waals surface area contributed by atoms with Gasteiger partial charge in [0.15, 0.2) is 0 Å². The molecule has 2 aromatic carbocycles. The van der Waals surface area contributed by atoms with E-state index in [0.29, 0.717) is 0 Å². The molecule has 1 amide bonds. The lowest BCUT2D eigenvalue weighted by molar-refractivity contribution is 0.102. The third-order valence-corrected chi connectivity index (χ3v) is 3.37. The van der Waals surface area contributed by atoms with E-state index in [9.17, 15) is 9.18 Å². The van der Waals surface area contributed by atoms with Gasteiger partial charge in [-0.15, -0.1) is 0 Å². The Balaban J connectivity index is 2.33. The molecule has 3 nitrogen and oxygen atoms in total. The lowest BCUT2D eigenvalue weighted by Gasteiger charge is -2.09. The van der Waals surface area contributed by atoms with E-state index in [0.717, 1.165) is 12.1 Å². The number of benzene rings is 2. The molecule has 6 heteroatoms. The summed E-state index contributed by atoms with van der Waals surface area (Å²) in [4.78, 5) is 12.1. The highest BCUT2D eigenvalue weighted by Crippen LogP contribution is 2.26. The molecule has 0 saturated carbocycles. The summed E-state index contributed by atoms with van der Waals surface area (Å²) in [5, 5.41) is 11.8. The highest BCUT2D eigenvalue weighted by atomic mass is 35.5. The van der Waals surface area contributed by atoms with E-state index >= 15 is 0 Å². The van der Waals surface area contributed by atoms with Crippen LogP contribution in [0, 0.1) is 17.1 Å². The molecule has 2 rings (SSSR count). The second kappa shape index (κ2) is 5.91. The summed E-state index contributed by atoms with van der Waals surface area (Å²) in [6.45, 7) is 0. The Hall–Kier alpha value is -2.09. The summed E-state index contributed by atoms with van der Waals surface area (Å²) in [5.74, 6) is -1.08. The zero-order valence-corrected chi connectivity index (χ0v) is 11.5. The standard InChI is InChI=1S/C14H7Cl2FN2O/c15-11-3-1-2-10(13(11)16)14(20)19-12-5-4-9(17)6-8(12)7-18/h1-6H,(H,19,20). The first-order valence-electron chi connectivity index (χ1n) is 5.48. The Morgan fingerprint density at radius 3 is 2.70 bits per heavy atom. The third-order valence-electron chi connectivity index (χ3n) is 2.55. The Kier molecular flexibility index (Phi) is 4.23. The van der Waals surface area contributed by atoms with Gasteiger partial charge in [0.2, 0.25) is 0 Å². The van der Waals surface area contributed by atoms with E-state index < -0.39 is 11.7 Å². The van der Waals surface area contributed by atoms with Crippen molar-refractivity contribution in [3.8, 4) is 6.07 Å². The number of amides is 1. The van der Waals surface area contributed by atoms with Crippen LogP contribution < -0.4 is 5.32 Å². The molecular weight excluding hydrogens is 302 g/mol. The van der Waals surface area contributed by atoms with Crippen molar-refractivity contribution >= 4 is 34.8 Å². The minimum absolute atomic E-state index is 0.0245. The van der Waals surface area contributed by atoms with Gasteiger partial charge in [-0.1, -0.05) is 29.3 Å². The SMILES string of the molecule is N#Cc1cc(F)ccc1NC(=O)c1cccc(Cl)c1Cl. The van der Waals surface area contributed by atoms with Crippen molar-refractivity contribution in [2.75, 3.05) is 5.32 Å². The Morgan fingerprint density at radius 1 is 1.25 bits per heavy atom. The topological polar surface area (TPSA) is 52.9 Å². The summed E-state index contributed by atoms with van der Waals surface area (Å²) < 4.78 is 13.0. The Bertz CT molecular complexity index is 726. The molecule has 0 unspecified atom stereocenters. The van der Waals surface area contributed by atoms with Gasteiger partial charge >= 0.3 is 0 Å². The average Bonchev–Trinajstić information content (AvgIpc) is 2.43. The van der Waals surface area contributed by atoms with Crippen molar-refractivity contribution in [3.63, 3.8) is 0 Å². The number of hydrogen-bond donors (Lipinski definition) is 1. The van der Waals surface area contributed by atoms with Gasteiger partial charge in [-0.3, -0.25) is 4.79 Å². The van der Waals surface area contributed by atoms with E-state index in [-0.39, 0.29) is 26.9 Å². The van der Waals surface area contributed by atoms with Crippen molar-refractivity contribution in [1.29, 1.82) is 5.26 Å². The van der Waals surface area contributed by atoms with Crippen LogP contribution in [-0.4, -0.2) is 5.91 Å². The summed E-state index contributed by atoms with van der Waals surface area (Å²) in [6, 6.07) is 9.94. The Labute approximate surface area is 124 Å². The molecule has 0 heterocycles. The zero-order chi connectivity index (χ0) is 14.7. The first-order chi connectivity index (χ1) is 9.52. The first-order valence-corrected chi connectivity index (χ1v) is 6.23. The highest BCUT2D eigenvalue weighted by Gasteiger charge is 2.14. The van der Waals surface area contributed by atoms with Gasteiger partial charge < -0.3 is 5.32 Å². The zero-order valence-electron chi connectivity index (χ0n) is 9.95. The van der Waals surface area contributed by atoms with Crippen molar-refractivity contribution in [2.45, 2.75) is 0 Å². The summed E-state index contributed by atoms with van der Waals surface area (Å²) in [6.07, 6.45) is 0. The normalized spacial score (nSPS) is 9.90. The van der Waals surface area contributed by atoms with Gasteiger partial charge in [0, 0.05) is 0 Å². The van der Waals surface area contributed by atoms with Crippen LogP contribution in [0.3, 0.4) is 0 Å². The molecule has 0 aliphatic carbocycles. The molecule has 1 N–H and O–H groups in total. The van der Waals surface area contributed by atoms with Gasteiger partial charge in [0.1, 0.15) is 11.9 Å². The van der Waals surface area contributed by atoms with Crippen LogP contribution in [0.4, 0.5) is 10.1 Å². The number of nitrogens with zero attached hydrogens (tertiary/aromatic N) is 1. The van der Waals surface area contributed by atoms with Crippen LogP contribution in [0.5, 0.6) is 0 Å². The van der Waals surface area contributed by atoms with Crippen LogP contribution in [0.15, 0.2) is 36.4 Å². The molecule has 0 aliphatic rings. The monoisotopic (exact) mass is 308 g/mol. The fourth-order valence-electron chi connectivity index (χ4n) is 1.59. The lowest BCUT2D eigenvalue weighted by atomic mass is 10.1. The fourth-order valence-corrected chi connectivity index (χ4v) is 1.97. The highest BCUT2D eigenvalue weighted by molar-refractivity contribution is 6.44. The minimum Gasteiger partial charge on any atom is -0.321 e. The molecule has 0 radical (unpaired) electrons. The van der Waals surface area contributed by atoms with Crippen LogP contribution >= 0.6 is 23.2 Å². The number of nitriles is 1. The maximum atomic E-state index is 13.0. The van der Waals surface area contributed by atoms with Crippen LogP contribution in [-0.2, 0) is 0 Å². The molecule has 2 aromatic rings. The number of rotatable bonds is 2. The average molecular weight is 309 g/mol. The molecule has 100 valence electrons. The maximum Gasteiger partial charge on any atom is 0.257 e. The van der Waals surface area contributed by atoms with Gasteiger partial charge in [0.25, 0.3) is 5.91 Å². The van der Waals surface area contributed by atoms with Crippen LogP contribution in [0.1, 0.15) is 15.9 Å². The largest absolute Gasteiger partial charge is 0.321 e. The summed E-state index contributed by atoms with van der Waals surface area (Å²) in [7, 11) is 0. The number of halogens is 3. The van der Waals surface area contributed by atoms with Crippen molar-refractivity contribution in [3.05, 3.63) is 63.4 Å². The van der Waals surface area contributed by atoms with Crippen LogP contribution in [0.25, 0.3) is 0 Å². The van der Waals surface area contributed by atoms with Crippen molar-refractivity contribution < 1.29 is 9.18 Å². The number of carbonyl (C=O) groups excluding carboxylic acids is 1. The molecule has 0 bridgehead atoms. The number of anilines is 1. The van der Waals surface area contributed by atoms with Crippen molar-refractivity contribution in [2.24, 2.45) is 0 Å².